The molecule has 0 heterocycles. The van der Waals surface area contributed by atoms with E-state index in [9.17, 15) is 13.2 Å². The van der Waals surface area contributed by atoms with E-state index in [0.29, 0.717) is 0 Å². The number of carbonyl (C=O) groups is 1. The van der Waals surface area contributed by atoms with Gasteiger partial charge in [-0.1, -0.05) is 13.8 Å². The monoisotopic (exact) mass is 286 g/mol. The zero-order valence-corrected chi connectivity index (χ0v) is 12.2. The Morgan fingerprint density at radius 1 is 1.37 bits per heavy atom. The summed E-state index contributed by atoms with van der Waals surface area (Å²) in [5, 5.41) is 0. The molecule has 1 rings (SSSR count). The van der Waals surface area contributed by atoms with Crippen molar-refractivity contribution in [1.82, 2.24) is 0 Å². The van der Waals surface area contributed by atoms with Gasteiger partial charge in [0.2, 0.25) is 10.0 Å². The van der Waals surface area contributed by atoms with Crippen LogP contribution in [0.15, 0.2) is 12.1 Å². The van der Waals surface area contributed by atoms with E-state index in [2.05, 4.69) is 4.72 Å². The average Bonchev–Trinajstić information content (AvgIpc) is 2.25. The first kappa shape index (κ1) is 15.3. The van der Waals surface area contributed by atoms with Crippen LogP contribution in [0.5, 0.6) is 5.75 Å². The molecule has 0 spiro atoms. The Labute approximate surface area is 113 Å². The van der Waals surface area contributed by atoms with Gasteiger partial charge in [0, 0.05) is 0 Å². The molecule has 6 nitrogen and oxygen atoms in total. The first-order valence-corrected chi connectivity index (χ1v) is 7.54. The highest BCUT2D eigenvalue weighted by Gasteiger charge is 2.18. The van der Waals surface area contributed by atoms with E-state index < -0.39 is 15.9 Å². The van der Waals surface area contributed by atoms with Crippen molar-refractivity contribution < 1.29 is 17.9 Å². The van der Waals surface area contributed by atoms with Gasteiger partial charge in [0.25, 0.3) is 5.91 Å². The number of anilines is 1. The van der Waals surface area contributed by atoms with Gasteiger partial charge in [-0.2, -0.15) is 0 Å². The van der Waals surface area contributed by atoms with Crippen LogP contribution in [0.2, 0.25) is 0 Å². The summed E-state index contributed by atoms with van der Waals surface area (Å²) in [6.07, 6.45) is 1.03. The van der Waals surface area contributed by atoms with Gasteiger partial charge in [-0.3, -0.25) is 9.52 Å². The van der Waals surface area contributed by atoms with Gasteiger partial charge in [-0.05, 0) is 23.6 Å². The Kier molecular flexibility index (Phi) is 4.41. The van der Waals surface area contributed by atoms with E-state index in [-0.39, 0.29) is 22.9 Å². The molecule has 0 saturated heterocycles. The molecular formula is C12H18N2O4S. The van der Waals surface area contributed by atoms with Gasteiger partial charge in [-0.15, -0.1) is 0 Å². The first-order chi connectivity index (χ1) is 8.65. The number of sulfonamides is 1. The van der Waals surface area contributed by atoms with Crippen LogP contribution in [-0.2, 0) is 10.0 Å². The Morgan fingerprint density at radius 3 is 2.32 bits per heavy atom. The predicted octanol–water partition coefficient (Wildman–Crippen LogP) is 1.29. The first-order valence-electron chi connectivity index (χ1n) is 5.65. The third-order valence-electron chi connectivity index (χ3n) is 2.54. The summed E-state index contributed by atoms with van der Waals surface area (Å²) in [4.78, 5) is 11.4. The molecule has 0 unspecified atom stereocenters. The topological polar surface area (TPSA) is 98.5 Å². The summed E-state index contributed by atoms with van der Waals surface area (Å²) in [5.74, 6) is -0.428. The fourth-order valence-electron chi connectivity index (χ4n) is 1.66. The number of primary amides is 1. The standard InChI is InChI=1S/C12H18N2O4S/c1-7(2)8-5-9(12(13)15)11(18-3)10(6-8)14-19(4,16)17/h5-7,14H,1-4H3,(H2,13,15). The van der Waals surface area contributed by atoms with E-state index >= 15 is 0 Å². The second-order valence-electron chi connectivity index (χ2n) is 4.54. The van der Waals surface area contributed by atoms with Crippen molar-refractivity contribution in [2.45, 2.75) is 19.8 Å². The minimum atomic E-state index is -3.48. The second kappa shape index (κ2) is 5.48. The van der Waals surface area contributed by atoms with Gasteiger partial charge in [0.1, 0.15) is 0 Å². The van der Waals surface area contributed by atoms with Crippen LogP contribution < -0.4 is 15.2 Å². The maximum absolute atomic E-state index is 11.4. The minimum absolute atomic E-state index is 0.115. The number of nitrogens with one attached hydrogen (secondary N) is 1. The lowest BCUT2D eigenvalue weighted by Gasteiger charge is -2.16. The van der Waals surface area contributed by atoms with Gasteiger partial charge in [-0.25, -0.2) is 8.42 Å². The summed E-state index contributed by atoms with van der Waals surface area (Å²) in [7, 11) is -2.13. The SMILES string of the molecule is COc1c(NS(C)(=O)=O)cc(C(C)C)cc1C(N)=O. The van der Waals surface area contributed by atoms with Crippen molar-refractivity contribution in [3.63, 3.8) is 0 Å². The summed E-state index contributed by atoms with van der Waals surface area (Å²) in [6, 6.07) is 3.25. The predicted molar refractivity (Wildman–Crippen MR) is 74.1 cm³/mol. The van der Waals surface area contributed by atoms with Crippen molar-refractivity contribution in [2.75, 3.05) is 18.1 Å². The van der Waals surface area contributed by atoms with Crippen molar-refractivity contribution >= 4 is 21.6 Å². The Morgan fingerprint density at radius 2 is 1.95 bits per heavy atom. The number of hydrogen-bond donors (Lipinski definition) is 2. The maximum atomic E-state index is 11.4. The van der Waals surface area contributed by atoms with Crippen LogP contribution in [-0.4, -0.2) is 27.7 Å². The van der Waals surface area contributed by atoms with Crippen LogP contribution in [0.1, 0.15) is 35.7 Å². The molecule has 1 aromatic rings. The molecule has 19 heavy (non-hydrogen) atoms. The highest BCUT2D eigenvalue weighted by atomic mass is 32.2. The summed E-state index contributed by atoms with van der Waals surface area (Å²) in [5.41, 5.74) is 6.45. The maximum Gasteiger partial charge on any atom is 0.252 e. The molecule has 1 amide bonds. The summed E-state index contributed by atoms with van der Waals surface area (Å²) < 4.78 is 30.1. The third kappa shape index (κ3) is 3.85. The molecule has 1 aromatic carbocycles. The van der Waals surface area contributed by atoms with Gasteiger partial charge >= 0.3 is 0 Å². The highest BCUT2D eigenvalue weighted by molar-refractivity contribution is 7.92. The number of methoxy groups -OCH3 is 1. The Balaban J connectivity index is 3.53. The van der Waals surface area contributed by atoms with Crippen LogP contribution in [0, 0.1) is 0 Å². The number of hydrogen-bond acceptors (Lipinski definition) is 4. The third-order valence-corrected chi connectivity index (χ3v) is 3.13. The van der Waals surface area contributed by atoms with E-state index in [1.807, 2.05) is 13.8 Å². The molecule has 7 heteroatoms. The van der Waals surface area contributed by atoms with E-state index in [4.69, 9.17) is 10.5 Å². The molecule has 0 bridgehead atoms. The molecule has 0 fully saturated rings. The number of benzene rings is 1. The number of carbonyl (C=O) groups excluding carboxylic acids is 1. The molecule has 3 N–H and O–H groups in total. The molecule has 0 saturated carbocycles. The van der Waals surface area contributed by atoms with Gasteiger partial charge in [0.05, 0.1) is 24.6 Å². The van der Waals surface area contributed by atoms with E-state index in [1.165, 1.54) is 7.11 Å². The molecular weight excluding hydrogens is 268 g/mol. The highest BCUT2D eigenvalue weighted by Crippen LogP contribution is 2.33. The Hall–Kier alpha value is -1.76. The lowest BCUT2D eigenvalue weighted by molar-refractivity contribution is 0.0997. The molecule has 0 atom stereocenters. The molecule has 0 aromatic heterocycles. The normalized spacial score (nSPS) is 11.4. The van der Waals surface area contributed by atoms with Crippen LogP contribution >= 0.6 is 0 Å². The van der Waals surface area contributed by atoms with Crippen molar-refractivity contribution in [2.24, 2.45) is 5.73 Å². The van der Waals surface area contributed by atoms with Gasteiger partial charge in [0.15, 0.2) is 5.75 Å². The number of rotatable bonds is 5. The lowest BCUT2D eigenvalue weighted by atomic mass is 9.99. The molecule has 0 radical (unpaired) electrons. The van der Waals surface area contributed by atoms with Crippen molar-refractivity contribution in [1.29, 1.82) is 0 Å². The minimum Gasteiger partial charge on any atom is -0.494 e. The molecule has 0 aliphatic rings. The van der Waals surface area contributed by atoms with E-state index in [1.54, 1.807) is 12.1 Å². The summed E-state index contributed by atoms with van der Waals surface area (Å²) >= 11 is 0. The van der Waals surface area contributed by atoms with Crippen LogP contribution in [0.4, 0.5) is 5.69 Å². The van der Waals surface area contributed by atoms with E-state index in [0.717, 1.165) is 11.8 Å². The lowest BCUT2D eigenvalue weighted by Crippen LogP contribution is -2.16. The second-order valence-corrected chi connectivity index (χ2v) is 6.29. The fraction of sp³-hybridized carbons (Fsp3) is 0.417. The van der Waals surface area contributed by atoms with Crippen molar-refractivity contribution in [3.8, 4) is 5.75 Å². The zero-order valence-electron chi connectivity index (χ0n) is 11.4. The Bertz CT molecular complexity index is 594. The fourth-order valence-corrected chi connectivity index (χ4v) is 2.21. The summed E-state index contributed by atoms with van der Waals surface area (Å²) in [6.45, 7) is 3.85. The zero-order chi connectivity index (χ0) is 14.8. The van der Waals surface area contributed by atoms with Gasteiger partial charge < -0.3 is 10.5 Å². The smallest absolute Gasteiger partial charge is 0.252 e. The average molecular weight is 286 g/mol. The van der Waals surface area contributed by atoms with Crippen LogP contribution in [0.25, 0.3) is 0 Å². The molecule has 0 aliphatic carbocycles. The quantitative estimate of drug-likeness (QED) is 0.852. The number of nitrogens with two attached hydrogens (primary N) is 1. The van der Waals surface area contributed by atoms with Crippen LogP contribution in [0.3, 0.4) is 0 Å². The largest absolute Gasteiger partial charge is 0.494 e. The van der Waals surface area contributed by atoms with Crippen molar-refractivity contribution in [3.05, 3.63) is 23.3 Å². The molecule has 0 aliphatic heterocycles. The molecule has 106 valence electrons. The number of ether oxygens (including phenoxy) is 1. The number of amides is 1.